The van der Waals surface area contributed by atoms with Gasteiger partial charge < -0.3 is 9.84 Å². The molecule has 1 atom stereocenters. The van der Waals surface area contributed by atoms with Crippen LogP contribution >= 0.6 is 11.8 Å². The molecule has 0 fully saturated rings. The number of ether oxygens (including phenoxy) is 1. The maximum atomic E-state index is 10.8. The predicted molar refractivity (Wildman–Crippen MR) is 48.6 cm³/mol. The highest BCUT2D eigenvalue weighted by Crippen LogP contribution is 2.23. The first-order valence-electron chi connectivity index (χ1n) is 3.79. The van der Waals surface area contributed by atoms with Crippen molar-refractivity contribution >= 4 is 22.8 Å². The predicted octanol–water partition coefficient (Wildman–Crippen LogP) is 0.676. The van der Waals surface area contributed by atoms with Gasteiger partial charge in [-0.15, -0.1) is 0 Å². The maximum absolute atomic E-state index is 10.8. The van der Waals surface area contributed by atoms with Crippen molar-refractivity contribution in [2.24, 2.45) is 0 Å². The smallest absolute Gasteiger partial charge is 0.332 e. The van der Waals surface area contributed by atoms with E-state index in [9.17, 15) is 9.59 Å². The highest BCUT2D eigenvalue weighted by Gasteiger charge is 2.25. The van der Waals surface area contributed by atoms with Gasteiger partial charge in [-0.25, -0.2) is 4.79 Å². The second-order valence-corrected chi connectivity index (χ2v) is 3.98. The van der Waals surface area contributed by atoms with Gasteiger partial charge in [-0.2, -0.15) is 0 Å². The summed E-state index contributed by atoms with van der Waals surface area (Å²) in [5.41, 5.74) is 0.270. The van der Waals surface area contributed by atoms with Gasteiger partial charge in [0.15, 0.2) is 5.12 Å². The van der Waals surface area contributed by atoms with E-state index < -0.39 is 5.97 Å². The molecule has 0 bridgehead atoms. The minimum atomic E-state index is -0.970. The fraction of sp³-hybridized carbons (Fsp3) is 0.500. The zero-order valence-corrected chi connectivity index (χ0v) is 7.97. The quantitative estimate of drug-likeness (QED) is 0.713. The molecule has 1 aliphatic heterocycles. The van der Waals surface area contributed by atoms with E-state index in [1.807, 2.05) is 0 Å². The third-order valence-corrected chi connectivity index (χ3v) is 2.60. The molecule has 0 radical (unpaired) electrons. The monoisotopic (exact) mass is 202 g/mol. The van der Waals surface area contributed by atoms with E-state index >= 15 is 0 Å². The molecule has 0 aromatic heterocycles. The van der Waals surface area contributed by atoms with E-state index in [0.717, 1.165) is 11.8 Å². The Labute approximate surface area is 80.0 Å². The van der Waals surface area contributed by atoms with Gasteiger partial charge in [-0.1, -0.05) is 11.8 Å². The largest absolute Gasteiger partial charge is 0.478 e. The molecule has 0 saturated carbocycles. The van der Waals surface area contributed by atoms with Crippen LogP contribution in [0.25, 0.3) is 0 Å². The van der Waals surface area contributed by atoms with Crippen molar-refractivity contribution in [2.75, 3.05) is 13.2 Å². The zero-order valence-electron chi connectivity index (χ0n) is 7.15. The Balaban J connectivity index is 2.70. The molecule has 0 aromatic carbocycles. The van der Waals surface area contributed by atoms with Gasteiger partial charge in [0.05, 0.1) is 24.0 Å². The summed E-state index contributed by atoms with van der Waals surface area (Å²) in [5, 5.41) is 8.32. The van der Waals surface area contributed by atoms with Crippen molar-refractivity contribution in [1.29, 1.82) is 0 Å². The standard InChI is InChI=1S/C8H10O4S/c1-5(9)13-7-4-12-3-2-6(7)8(10)11/h2,7H,3-4H2,1H3,(H,10,11)/t7-/m1/s1. The van der Waals surface area contributed by atoms with Crippen molar-refractivity contribution in [1.82, 2.24) is 0 Å². The van der Waals surface area contributed by atoms with Crippen molar-refractivity contribution in [3.63, 3.8) is 0 Å². The number of thioether (sulfide) groups is 1. The molecular formula is C8H10O4S. The van der Waals surface area contributed by atoms with Crippen LogP contribution < -0.4 is 0 Å². The van der Waals surface area contributed by atoms with Crippen LogP contribution in [0.3, 0.4) is 0 Å². The van der Waals surface area contributed by atoms with Gasteiger partial charge in [-0.3, -0.25) is 4.79 Å². The molecule has 13 heavy (non-hydrogen) atoms. The van der Waals surface area contributed by atoms with Crippen molar-refractivity contribution in [3.05, 3.63) is 11.6 Å². The SMILES string of the molecule is CC(=O)S[C@@H]1COCC=C1C(=O)O. The lowest BCUT2D eigenvalue weighted by atomic mass is 10.1. The fourth-order valence-corrected chi connectivity index (χ4v) is 1.96. The molecule has 0 saturated heterocycles. The first kappa shape index (κ1) is 10.3. The van der Waals surface area contributed by atoms with E-state index in [1.54, 1.807) is 0 Å². The molecule has 0 unspecified atom stereocenters. The van der Waals surface area contributed by atoms with Crippen LogP contribution in [0.15, 0.2) is 11.6 Å². The van der Waals surface area contributed by atoms with Crippen LogP contribution in [-0.4, -0.2) is 34.7 Å². The maximum Gasteiger partial charge on any atom is 0.332 e. The van der Waals surface area contributed by atoms with E-state index in [0.29, 0.717) is 13.2 Å². The highest BCUT2D eigenvalue weighted by molar-refractivity contribution is 8.14. The van der Waals surface area contributed by atoms with Gasteiger partial charge in [0, 0.05) is 6.92 Å². The van der Waals surface area contributed by atoms with Gasteiger partial charge in [0.25, 0.3) is 0 Å². The van der Waals surface area contributed by atoms with Crippen LogP contribution in [0.2, 0.25) is 0 Å². The van der Waals surface area contributed by atoms with E-state index in [-0.39, 0.29) is 15.9 Å². The highest BCUT2D eigenvalue weighted by atomic mass is 32.2. The van der Waals surface area contributed by atoms with Gasteiger partial charge in [0.2, 0.25) is 0 Å². The molecule has 1 N–H and O–H groups in total. The summed E-state index contributed by atoms with van der Waals surface area (Å²) in [4.78, 5) is 21.5. The summed E-state index contributed by atoms with van der Waals surface area (Å²) in [5.74, 6) is -0.970. The Hall–Kier alpha value is -0.810. The number of hydrogen-bond donors (Lipinski definition) is 1. The summed E-state index contributed by atoms with van der Waals surface area (Å²) >= 11 is 0.999. The molecular weight excluding hydrogens is 192 g/mol. The van der Waals surface area contributed by atoms with Gasteiger partial charge >= 0.3 is 5.97 Å². The van der Waals surface area contributed by atoms with Crippen molar-refractivity contribution in [3.8, 4) is 0 Å². The molecule has 4 nitrogen and oxygen atoms in total. The Bertz CT molecular complexity index is 259. The van der Waals surface area contributed by atoms with E-state index in [2.05, 4.69) is 0 Å². The normalized spacial score (nSPS) is 22.2. The minimum Gasteiger partial charge on any atom is -0.478 e. The average Bonchev–Trinajstić information content (AvgIpc) is 2.03. The fourth-order valence-electron chi connectivity index (χ4n) is 1.07. The molecule has 5 heteroatoms. The summed E-state index contributed by atoms with van der Waals surface area (Å²) in [7, 11) is 0. The van der Waals surface area contributed by atoms with Gasteiger partial charge in [0.1, 0.15) is 0 Å². The van der Waals surface area contributed by atoms with Crippen LogP contribution in [0.1, 0.15) is 6.92 Å². The van der Waals surface area contributed by atoms with E-state index in [4.69, 9.17) is 9.84 Å². The zero-order chi connectivity index (χ0) is 9.84. The molecule has 72 valence electrons. The lowest BCUT2D eigenvalue weighted by Gasteiger charge is -2.19. The Morgan fingerprint density at radius 3 is 2.92 bits per heavy atom. The third-order valence-electron chi connectivity index (χ3n) is 1.59. The Morgan fingerprint density at radius 2 is 2.38 bits per heavy atom. The number of hydrogen-bond acceptors (Lipinski definition) is 4. The third kappa shape index (κ3) is 2.86. The lowest BCUT2D eigenvalue weighted by molar-refractivity contribution is -0.133. The van der Waals surface area contributed by atoms with Crippen LogP contribution in [0.4, 0.5) is 0 Å². The second kappa shape index (κ2) is 4.43. The van der Waals surface area contributed by atoms with Gasteiger partial charge in [-0.05, 0) is 6.08 Å². The van der Waals surface area contributed by atoms with Crippen molar-refractivity contribution in [2.45, 2.75) is 12.2 Å². The molecule has 0 aliphatic carbocycles. The minimum absolute atomic E-state index is 0.0948. The number of carbonyl (C=O) groups excluding carboxylic acids is 1. The van der Waals surface area contributed by atoms with Crippen LogP contribution in [-0.2, 0) is 14.3 Å². The number of carboxylic acid groups (broad SMARTS) is 1. The lowest BCUT2D eigenvalue weighted by Crippen LogP contribution is -2.26. The topological polar surface area (TPSA) is 63.6 Å². The molecule has 0 amide bonds. The number of aliphatic carboxylic acids is 1. The molecule has 0 aromatic rings. The summed E-state index contributed by atoms with van der Waals surface area (Å²) in [6.07, 6.45) is 1.51. The first-order chi connectivity index (χ1) is 6.11. The summed E-state index contributed by atoms with van der Waals surface area (Å²) in [6, 6.07) is 0. The molecule has 1 rings (SSSR count). The van der Waals surface area contributed by atoms with E-state index in [1.165, 1.54) is 13.0 Å². The Morgan fingerprint density at radius 1 is 1.69 bits per heavy atom. The Kier molecular flexibility index (Phi) is 3.50. The summed E-state index contributed by atoms with van der Waals surface area (Å²) < 4.78 is 5.05. The van der Waals surface area contributed by atoms with Crippen LogP contribution in [0.5, 0.6) is 0 Å². The molecule has 1 aliphatic rings. The average molecular weight is 202 g/mol. The number of rotatable bonds is 2. The number of carbonyl (C=O) groups is 2. The molecule has 0 spiro atoms. The first-order valence-corrected chi connectivity index (χ1v) is 4.67. The number of carboxylic acids is 1. The van der Waals surface area contributed by atoms with Crippen molar-refractivity contribution < 1.29 is 19.4 Å². The summed E-state index contributed by atoms with van der Waals surface area (Å²) in [6.45, 7) is 2.03. The second-order valence-electron chi connectivity index (χ2n) is 2.60. The molecule has 1 heterocycles. The van der Waals surface area contributed by atoms with Crippen LogP contribution in [0, 0.1) is 0 Å².